The number of imidazole rings is 1. The van der Waals surface area contributed by atoms with Crippen molar-refractivity contribution in [3.63, 3.8) is 0 Å². The highest BCUT2D eigenvalue weighted by molar-refractivity contribution is 6.01. The van der Waals surface area contributed by atoms with E-state index in [0.717, 1.165) is 30.6 Å². The molecular weight excluding hydrogens is 256 g/mol. The summed E-state index contributed by atoms with van der Waals surface area (Å²) in [4.78, 5) is 15.8. The van der Waals surface area contributed by atoms with Gasteiger partial charge in [-0.3, -0.25) is 0 Å². The Morgan fingerprint density at radius 3 is 2.95 bits per heavy atom. The van der Waals surface area contributed by atoms with Crippen molar-refractivity contribution in [3.8, 4) is 0 Å². The lowest BCUT2D eigenvalue weighted by Gasteiger charge is -2.22. The molecule has 0 aliphatic carbocycles. The second-order valence-electron chi connectivity index (χ2n) is 5.68. The van der Waals surface area contributed by atoms with E-state index >= 15 is 0 Å². The van der Waals surface area contributed by atoms with Gasteiger partial charge in [0.2, 0.25) is 0 Å². The van der Waals surface area contributed by atoms with Crippen LogP contribution in [0.3, 0.4) is 0 Å². The lowest BCUT2D eigenvalue weighted by Crippen LogP contribution is -2.21. The lowest BCUT2D eigenvalue weighted by molar-refractivity contribution is 0.0699. The zero-order valence-corrected chi connectivity index (χ0v) is 11.2. The first kappa shape index (κ1) is 11.9. The summed E-state index contributed by atoms with van der Waals surface area (Å²) in [7, 11) is 0. The molecule has 1 aromatic heterocycles. The third-order valence-electron chi connectivity index (χ3n) is 4.53. The van der Waals surface area contributed by atoms with Crippen molar-refractivity contribution in [1.82, 2.24) is 9.55 Å². The van der Waals surface area contributed by atoms with E-state index < -0.39 is 5.97 Å². The molecule has 2 aliphatic heterocycles. The van der Waals surface area contributed by atoms with E-state index in [1.165, 1.54) is 0 Å². The summed E-state index contributed by atoms with van der Waals surface area (Å²) in [5.74, 6) is -0.0562. The Hall–Kier alpha value is -1.88. The lowest BCUT2D eigenvalue weighted by atomic mass is 9.95. The molecule has 3 heterocycles. The Bertz CT molecular complexity index is 706. The van der Waals surface area contributed by atoms with Gasteiger partial charge in [-0.15, -0.1) is 0 Å². The van der Waals surface area contributed by atoms with Crippen LogP contribution in [-0.2, 0) is 4.74 Å². The molecule has 20 heavy (non-hydrogen) atoms. The minimum Gasteiger partial charge on any atom is -0.478 e. The highest BCUT2D eigenvalue weighted by atomic mass is 16.5. The number of benzene rings is 1. The Morgan fingerprint density at radius 1 is 1.45 bits per heavy atom. The number of fused-ring (bicyclic) bond motifs is 3. The van der Waals surface area contributed by atoms with Crippen molar-refractivity contribution < 1.29 is 14.6 Å². The van der Waals surface area contributed by atoms with E-state index in [9.17, 15) is 9.90 Å². The number of nitrogens with zero attached hydrogens (tertiary/aromatic N) is 2. The van der Waals surface area contributed by atoms with Crippen LogP contribution in [-0.4, -0.2) is 32.8 Å². The molecule has 0 saturated carbocycles. The standard InChI is InChI=1S/C15H16N2O3/c1-8-16-14-10(15(18)19)3-2-4-11(14)17(8)12-7-9-5-6-13(12)20-9/h2-4,9,12-13H,5-7H2,1H3,(H,18,19). The Balaban J connectivity index is 1.90. The molecule has 0 radical (unpaired) electrons. The molecule has 2 saturated heterocycles. The minimum atomic E-state index is -0.926. The number of hydrogen-bond donors (Lipinski definition) is 1. The quantitative estimate of drug-likeness (QED) is 0.912. The minimum absolute atomic E-state index is 0.254. The predicted molar refractivity (Wildman–Crippen MR) is 73.0 cm³/mol. The molecule has 2 aliphatic rings. The largest absolute Gasteiger partial charge is 0.478 e. The van der Waals surface area contributed by atoms with Crippen LogP contribution in [0.15, 0.2) is 18.2 Å². The summed E-state index contributed by atoms with van der Waals surface area (Å²) in [6.45, 7) is 1.94. The topological polar surface area (TPSA) is 64.3 Å². The molecule has 5 heteroatoms. The number of aromatic nitrogens is 2. The van der Waals surface area contributed by atoms with Gasteiger partial charge in [0.15, 0.2) is 0 Å². The first-order valence-electron chi connectivity index (χ1n) is 7.01. The number of aryl methyl sites for hydroxylation is 1. The molecule has 2 bridgehead atoms. The summed E-state index contributed by atoms with van der Waals surface area (Å²) >= 11 is 0. The van der Waals surface area contributed by atoms with E-state index in [2.05, 4.69) is 9.55 Å². The molecule has 3 atom stereocenters. The van der Waals surface area contributed by atoms with Crippen LogP contribution in [0.25, 0.3) is 11.0 Å². The molecule has 104 valence electrons. The van der Waals surface area contributed by atoms with E-state index in [1.54, 1.807) is 12.1 Å². The van der Waals surface area contributed by atoms with Gasteiger partial charge >= 0.3 is 5.97 Å². The van der Waals surface area contributed by atoms with Crippen LogP contribution >= 0.6 is 0 Å². The van der Waals surface area contributed by atoms with Gasteiger partial charge in [-0.05, 0) is 38.3 Å². The number of carbonyl (C=O) groups is 1. The molecule has 4 rings (SSSR count). The highest BCUT2D eigenvalue weighted by Crippen LogP contribution is 2.43. The molecule has 5 nitrogen and oxygen atoms in total. The number of hydrogen-bond acceptors (Lipinski definition) is 3. The molecule has 3 unspecified atom stereocenters. The SMILES string of the molecule is Cc1nc2c(C(=O)O)cccc2n1C1CC2CCC1O2. The van der Waals surface area contributed by atoms with Crippen molar-refractivity contribution in [3.05, 3.63) is 29.6 Å². The van der Waals surface area contributed by atoms with Crippen LogP contribution in [0.2, 0.25) is 0 Å². The summed E-state index contributed by atoms with van der Waals surface area (Å²) < 4.78 is 8.10. The number of aromatic carboxylic acids is 1. The van der Waals surface area contributed by atoms with E-state index in [-0.39, 0.29) is 11.7 Å². The van der Waals surface area contributed by atoms with Crippen LogP contribution in [0.5, 0.6) is 0 Å². The van der Waals surface area contributed by atoms with Gasteiger partial charge in [0.05, 0.1) is 29.3 Å². The number of rotatable bonds is 2. The Morgan fingerprint density at radius 2 is 2.30 bits per heavy atom. The third kappa shape index (κ3) is 1.53. The van der Waals surface area contributed by atoms with Crippen LogP contribution < -0.4 is 0 Å². The van der Waals surface area contributed by atoms with Crippen LogP contribution in [0.1, 0.15) is 41.5 Å². The fraction of sp³-hybridized carbons (Fsp3) is 0.467. The van der Waals surface area contributed by atoms with E-state index in [0.29, 0.717) is 17.7 Å². The molecule has 1 N–H and O–H groups in total. The fourth-order valence-electron chi connectivity index (χ4n) is 3.71. The summed E-state index contributed by atoms with van der Waals surface area (Å²) in [6, 6.07) is 5.65. The molecule has 2 fully saturated rings. The van der Waals surface area contributed by atoms with Crippen molar-refractivity contribution >= 4 is 17.0 Å². The Labute approximate surface area is 116 Å². The van der Waals surface area contributed by atoms with Gasteiger partial charge in [0.1, 0.15) is 11.3 Å². The number of para-hydroxylation sites is 1. The molecule has 2 aromatic rings. The maximum absolute atomic E-state index is 11.3. The van der Waals surface area contributed by atoms with E-state index in [4.69, 9.17) is 4.74 Å². The average Bonchev–Trinajstić information content (AvgIpc) is 3.09. The predicted octanol–water partition coefficient (Wildman–Crippen LogP) is 2.54. The maximum Gasteiger partial charge on any atom is 0.337 e. The summed E-state index contributed by atoms with van der Waals surface area (Å²) in [5.41, 5.74) is 1.76. The third-order valence-corrected chi connectivity index (χ3v) is 4.53. The molecular formula is C15H16N2O3. The summed E-state index contributed by atoms with van der Waals surface area (Å²) in [6.07, 6.45) is 3.86. The maximum atomic E-state index is 11.3. The number of ether oxygens (including phenoxy) is 1. The number of carboxylic acid groups (broad SMARTS) is 1. The first-order chi connectivity index (χ1) is 9.65. The normalized spacial score (nSPS) is 28.4. The molecule has 0 spiro atoms. The zero-order chi connectivity index (χ0) is 13.9. The van der Waals surface area contributed by atoms with Gasteiger partial charge < -0.3 is 14.4 Å². The van der Waals surface area contributed by atoms with Crippen molar-refractivity contribution in [2.24, 2.45) is 0 Å². The highest BCUT2D eigenvalue weighted by Gasteiger charge is 2.42. The zero-order valence-electron chi connectivity index (χ0n) is 11.2. The molecule has 0 amide bonds. The fourth-order valence-corrected chi connectivity index (χ4v) is 3.71. The van der Waals surface area contributed by atoms with Gasteiger partial charge in [-0.1, -0.05) is 6.07 Å². The number of carboxylic acids is 1. The van der Waals surface area contributed by atoms with Crippen LogP contribution in [0, 0.1) is 6.92 Å². The van der Waals surface area contributed by atoms with Gasteiger partial charge in [0, 0.05) is 0 Å². The van der Waals surface area contributed by atoms with Crippen molar-refractivity contribution in [1.29, 1.82) is 0 Å². The summed E-state index contributed by atoms with van der Waals surface area (Å²) in [5, 5.41) is 9.28. The van der Waals surface area contributed by atoms with Crippen LogP contribution in [0.4, 0.5) is 0 Å². The second-order valence-corrected chi connectivity index (χ2v) is 5.68. The Kier molecular flexibility index (Phi) is 2.41. The smallest absolute Gasteiger partial charge is 0.337 e. The monoisotopic (exact) mass is 272 g/mol. The second kappa shape index (κ2) is 4.06. The van der Waals surface area contributed by atoms with Crippen molar-refractivity contribution in [2.45, 2.75) is 44.4 Å². The first-order valence-corrected chi connectivity index (χ1v) is 7.01. The van der Waals surface area contributed by atoms with E-state index in [1.807, 2.05) is 13.0 Å². The average molecular weight is 272 g/mol. The van der Waals surface area contributed by atoms with Gasteiger partial charge in [0.25, 0.3) is 0 Å². The molecule has 1 aromatic carbocycles. The van der Waals surface area contributed by atoms with Crippen molar-refractivity contribution in [2.75, 3.05) is 0 Å². The van der Waals surface area contributed by atoms with Gasteiger partial charge in [-0.25, -0.2) is 9.78 Å². The van der Waals surface area contributed by atoms with Gasteiger partial charge in [-0.2, -0.15) is 0 Å².